The summed E-state index contributed by atoms with van der Waals surface area (Å²) in [5.41, 5.74) is 2.22. The van der Waals surface area contributed by atoms with Gasteiger partial charge in [0.2, 0.25) is 0 Å². The largest absolute Gasteiger partial charge is 0.494 e. The van der Waals surface area contributed by atoms with Crippen LogP contribution in [0.4, 0.5) is 0 Å². The molecule has 0 atom stereocenters. The van der Waals surface area contributed by atoms with Crippen molar-refractivity contribution in [2.75, 3.05) is 6.61 Å². The summed E-state index contributed by atoms with van der Waals surface area (Å²) < 4.78 is 8.61. The predicted octanol–water partition coefficient (Wildman–Crippen LogP) is 4.54. The fourth-order valence-corrected chi connectivity index (χ4v) is 5.73. The van der Waals surface area contributed by atoms with Gasteiger partial charge in [-0.05, 0) is 68.0 Å². The Kier molecular flexibility index (Phi) is 5.24. The van der Waals surface area contributed by atoms with Crippen molar-refractivity contribution in [2.24, 2.45) is 0 Å². The molecule has 1 aliphatic rings. The van der Waals surface area contributed by atoms with E-state index < -0.39 is 0 Å². The van der Waals surface area contributed by atoms with Crippen molar-refractivity contribution in [3.05, 3.63) is 91.4 Å². The van der Waals surface area contributed by atoms with Gasteiger partial charge in [0.25, 0.3) is 5.56 Å². The minimum atomic E-state index is -0.302. The number of nitrogens with zero attached hydrogens (tertiary/aromatic N) is 2. The third-order valence-electron chi connectivity index (χ3n) is 5.83. The first-order valence-corrected chi connectivity index (χ1v) is 11.6. The fourth-order valence-electron chi connectivity index (χ4n) is 4.36. The van der Waals surface area contributed by atoms with Crippen molar-refractivity contribution in [2.45, 2.75) is 39.2 Å². The van der Waals surface area contributed by atoms with Gasteiger partial charge in [0.15, 0.2) is 0 Å². The van der Waals surface area contributed by atoms with Crippen LogP contribution in [-0.4, -0.2) is 15.7 Å². The van der Waals surface area contributed by atoms with Crippen molar-refractivity contribution in [1.29, 1.82) is 0 Å². The van der Waals surface area contributed by atoms with Crippen molar-refractivity contribution in [1.82, 2.24) is 9.13 Å². The summed E-state index contributed by atoms with van der Waals surface area (Å²) >= 11 is 1.62. The van der Waals surface area contributed by atoms with Crippen molar-refractivity contribution in [3.63, 3.8) is 0 Å². The van der Waals surface area contributed by atoms with Crippen LogP contribution in [0.25, 0.3) is 15.9 Å². The summed E-state index contributed by atoms with van der Waals surface area (Å²) in [5, 5.41) is 0.712. The highest BCUT2D eigenvalue weighted by Crippen LogP contribution is 2.34. The van der Waals surface area contributed by atoms with Crippen molar-refractivity contribution < 1.29 is 4.74 Å². The monoisotopic (exact) mass is 432 g/mol. The number of aromatic nitrogens is 2. The van der Waals surface area contributed by atoms with Gasteiger partial charge in [-0.1, -0.05) is 30.3 Å². The van der Waals surface area contributed by atoms with Crippen LogP contribution in [-0.2, 0) is 19.4 Å². The second kappa shape index (κ2) is 8.19. The van der Waals surface area contributed by atoms with Gasteiger partial charge in [-0.2, -0.15) is 0 Å². The average Bonchev–Trinajstić information content (AvgIpc) is 3.18. The SMILES string of the molecule is CCOc1ccc(-n2c(=O)c3c4c(sc3n(Cc3ccccc3)c2=O)CCCC4)cc1. The molecule has 0 saturated carbocycles. The Morgan fingerprint density at radius 2 is 1.71 bits per heavy atom. The van der Waals surface area contributed by atoms with Gasteiger partial charge in [0.1, 0.15) is 10.6 Å². The number of hydrogen-bond acceptors (Lipinski definition) is 4. The zero-order valence-corrected chi connectivity index (χ0v) is 18.3. The molecule has 0 aliphatic heterocycles. The van der Waals surface area contributed by atoms with Gasteiger partial charge in [-0.15, -0.1) is 11.3 Å². The Morgan fingerprint density at radius 1 is 0.968 bits per heavy atom. The number of rotatable bonds is 5. The van der Waals surface area contributed by atoms with Crippen LogP contribution < -0.4 is 16.0 Å². The molecule has 4 aromatic rings. The Hall–Kier alpha value is -3.12. The van der Waals surface area contributed by atoms with Crippen LogP contribution in [0.5, 0.6) is 5.75 Å². The lowest BCUT2D eigenvalue weighted by molar-refractivity contribution is 0.340. The normalized spacial score (nSPS) is 13.3. The first-order valence-electron chi connectivity index (χ1n) is 10.7. The highest BCUT2D eigenvalue weighted by molar-refractivity contribution is 7.18. The van der Waals surface area contributed by atoms with Crippen LogP contribution in [0.15, 0.2) is 64.2 Å². The molecule has 2 heterocycles. The highest BCUT2D eigenvalue weighted by atomic mass is 32.1. The molecule has 0 N–H and O–H groups in total. The van der Waals surface area contributed by atoms with Gasteiger partial charge < -0.3 is 4.74 Å². The first-order chi connectivity index (χ1) is 15.2. The quantitative estimate of drug-likeness (QED) is 0.465. The van der Waals surface area contributed by atoms with E-state index in [0.717, 1.165) is 47.4 Å². The molecule has 5 nitrogen and oxygen atoms in total. The zero-order chi connectivity index (χ0) is 21.4. The molecule has 158 valence electrons. The molecule has 0 spiro atoms. The van der Waals surface area contributed by atoms with E-state index in [1.165, 1.54) is 9.44 Å². The van der Waals surface area contributed by atoms with Gasteiger partial charge in [0, 0.05) is 4.88 Å². The Bertz CT molecular complexity index is 1350. The minimum absolute atomic E-state index is 0.215. The minimum Gasteiger partial charge on any atom is -0.494 e. The standard InChI is InChI=1S/C25H24N2O3S/c1-2-30-19-14-12-18(13-15-19)27-23(28)22-20-10-6-7-11-21(20)31-24(22)26(25(27)29)16-17-8-4-3-5-9-17/h3-5,8-9,12-15H,2,6-7,10-11,16H2,1H3. The van der Waals surface area contributed by atoms with Gasteiger partial charge >= 0.3 is 5.69 Å². The molecular formula is C25H24N2O3S. The van der Waals surface area contributed by atoms with Crippen LogP contribution in [0.3, 0.4) is 0 Å². The van der Waals surface area contributed by atoms with Crippen molar-refractivity contribution in [3.8, 4) is 11.4 Å². The molecule has 0 radical (unpaired) electrons. The molecule has 0 saturated heterocycles. The second-order valence-corrected chi connectivity index (χ2v) is 8.90. The number of thiophene rings is 1. The maximum Gasteiger partial charge on any atom is 0.337 e. The molecular weight excluding hydrogens is 408 g/mol. The first kappa shape index (κ1) is 19.8. The second-order valence-electron chi connectivity index (χ2n) is 7.81. The summed E-state index contributed by atoms with van der Waals surface area (Å²) in [6, 6.07) is 17.1. The lowest BCUT2D eigenvalue weighted by Gasteiger charge is -2.14. The third-order valence-corrected chi connectivity index (χ3v) is 7.14. The molecule has 0 amide bonds. The molecule has 0 bridgehead atoms. The van der Waals surface area contributed by atoms with E-state index in [1.54, 1.807) is 40.2 Å². The number of fused-ring (bicyclic) bond motifs is 3. The Balaban J connectivity index is 1.77. The van der Waals surface area contributed by atoms with E-state index in [0.29, 0.717) is 24.2 Å². The molecule has 2 aromatic heterocycles. The topological polar surface area (TPSA) is 53.2 Å². The van der Waals surface area contributed by atoms with E-state index in [9.17, 15) is 9.59 Å². The summed E-state index contributed by atoms with van der Waals surface area (Å²) in [5.74, 6) is 0.720. The number of benzene rings is 2. The van der Waals surface area contributed by atoms with E-state index in [-0.39, 0.29) is 11.2 Å². The van der Waals surface area contributed by atoms with Crippen LogP contribution in [0, 0.1) is 0 Å². The fraction of sp³-hybridized carbons (Fsp3) is 0.280. The van der Waals surface area contributed by atoms with Gasteiger partial charge in [-0.25, -0.2) is 9.36 Å². The van der Waals surface area contributed by atoms with Gasteiger partial charge in [0.05, 0.1) is 24.2 Å². The lowest BCUT2D eigenvalue weighted by atomic mass is 9.97. The average molecular weight is 433 g/mol. The maximum absolute atomic E-state index is 13.6. The Morgan fingerprint density at radius 3 is 2.45 bits per heavy atom. The summed E-state index contributed by atoms with van der Waals surface area (Å²) in [6.07, 6.45) is 4.10. The molecule has 0 fully saturated rings. The molecule has 6 heteroatoms. The number of ether oxygens (including phenoxy) is 1. The maximum atomic E-state index is 13.6. The predicted molar refractivity (Wildman–Crippen MR) is 125 cm³/mol. The smallest absolute Gasteiger partial charge is 0.337 e. The van der Waals surface area contributed by atoms with E-state index in [1.807, 2.05) is 37.3 Å². The Labute approximate surface area is 184 Å². The third kappa shape index (κ3) is 3.51. The summed E-state index contributed by atoms with van der Waals surface area (Å²) in [4.78, 5) is 29.3. The van der Waals surface area contributed by atoms with Crippen LogP contribution in [0.2, 0.25) is 0 Å². The number of aryl methyl sites for hydroxylation is 2. The molecule has 31 heavy (non-hydrogen) atoms. The van der Waals surface area contributed by atoms with E-state index in [4.69, 9.17) is 4.74 Å². The molecule has 0 unspecified atom stereocenters. The lowest BCUT2D eigenvalue weighted by Crippen LogP contribution is -2.39. The van der Waals surface area contributed by atoms with E-state index in [2.05, 4.69) is 0 Å². The van der Waals surface area contributed by atoms with Crippen LogP contribution >= 0.6 is 11.3 Å². The van der Waals surface area contributed by atoms with Crippen molar-refractivity contribution >= 4 is 21.6 Å². The van der Waals surface area contributed by atoms with Gasteiger partial charge in [-0.3, -0.25) is 9.36 Å². The zero-order valence-electron chi connectivity index (χ0n) is 17.5. The highest BCUT2D eigenvalue weighted by Gasteiger charge is 2.24. The molecule has 5 rings (SSSR count). The molecule has 2 aromatic carbocycles. The number of hydrogen-bond donors (Lipinski definition) is 0. The van der Waals surface area contributed by atoms with E-state index >= 15 is 0 Å². The molecule has 1 aliphatic carbocycles. The van der Waals surface area contributed by atoms with Crippen LogP contribution in [0.1, 0.15) is 35.8 Å². The summed E-state index contributed by atoms with van der Waals surface area (Å²) in [7, 11) is 0. The summed E-state index contributed by atoms with van der Waals surface area (Å²) in [6.45, 7) is 2.93.